The van der Waals surface area contributed by atoms with Gasteiger partial charge < -0.3 is 29.9 Å². The molecule has 1 saturated heterocycles. The van der Waals surface area contributed by atoms with Crippen LogP contribution in [0.15, 0.2) is 29.8 Å². The maximum absolute atomic E-state index is 11.2. The van der Waals surface area contributed by atoms with Crippen molar-refractivity contribution in [3.8, 4) is 0 Å². The first-order valence-electron chi connectivity index (χ1n) is 8.37. The molecule has 0 aromatic carbocycles. The quantitative estimate of drug-likeness (QED) is 0.320. The van der Waals surface area contributed by atoms with E-state index in [0.29, 0.717) is 24.9 Å². The number of carboxylic acid groups (broad SMARTS) is 1. The first-order chi connectivity index (χ1) is 12.8. The second-order valence-electron chi connectivity index (χ2n) is 6.25. The summed E-state index contributed by atoms with van der Waals surface area (Å²) in [6, 6.07) is 3.41. The number of aliphatic carboxylic acids is 1. The average Bonchev–Trinajstić information content (AvgIpc) is 2.67. The van der Waals surface area contributed by atoms with Gasteiger partial charge in [-0.15, -0.1) is 4.91 Å². The van der Waals surface area contributed by atoms with Gasteiger partial charge in [0.05, 0.1) is 11.4 Å². The minimum atomic E-state index is -1.79. The maximum Gasteiger partial charge on any atom is 0.335 e. The van der Waals surface area contributed by atoms with E-state index in [1.807, 2.05) is 0 Å². The van der Waals surface area contributed by atoms with Gasteiger partial charge in [0.25, 0.3) is 0 Å². The zero-order chi connectivity index (χ0) is 20.0. The molecular weight excluding hydrogens is 362 g/mol. The number of nitrogens with zero attached hydrogens (tertiary/aromatic N) is 3. The number of hydrogen-bond donors (Lipinski definition) is 4. The number of carboxylic acids is 1. The summed E-state index contributed by atoms with van der Waals surface area (Å²) in [6.45, 7) is 0.358. The Morgan fingerprint density at radius 1 is 1.37 bits per heavy atom. The molecule has 1 fully saturated rings. The van der Waals surface area contributed by atoms with Crippen LogP contribution in [0.5, 0.6) is 0 Å². The third-order valence-electron chi connectivity index (χ3n) is 4.25. The zero-order valence-electron chi connectivity index (χ0n) is 14.7. The first-order valence-corrected chi connectivity index (χ1v) is 8.37. The largest absolute Gasteiger partial charge is 0.479 e. The van der Waals surface area contributed by atoms with Crippen molar-refractivity contribution >= 4 is 5.97 Å². The molecular formula is C16H23N3O8. The fourth-order valence-corrected chi connectivity index (χ4v) is 2.75. The van der Waals surface area contributed by atoms with Crippen LogP contribution in [-0.4, -0.2) is 80.7 Å². The second kappa shape index (κ2) is 9.67. The van der Waals surface area contributed by atoms with E-state index < -0.39 is 42.8 Å². The molecule has 6 atom stereocenters. The van der Waals surface area contributed by atoms with Crippen LogP contribution in [0, 0.1) is 4.91 Å². The summed E-state index contributed by atoms with van der Waals surface area (Å²) in [7, 11) is 1.52. The minimum Gasteiger partial charge on any atom is -0.479 e. The minimum absolute atomic E-state index is 0.358. The number of aliphatic hydroxyl groups is 3. The number of pyridine rings is 1. The summed E-state index contributed by atoms with van der Waals surface area (Å²) in [5.74, 6) is -1.49. The number of nitroso groups, excluding NO2 is 1. The van der Waals surface area contributed by atoms with Gasteiger partial charge in [-0.25, -0.2) is 4.79 Å². The highest BCUT2D eigenvalue weighted by Crippen LogP contribution is 2.30. The van der Waals surface area contributed by atoms with Gasteiger partial charge in [-0.1, -0.05) is 6.07 Å². The maximum atomic E-state index is 11.2. The van der Waals surface area contributed by atoms with Gasteiger partial charge in [0, 0.05) is 26.0 Å². The van der Waals surface area contributed by atoms with Gasteiger partial charge in [-0.05, 0) is 24.5 Å². The monoisotopic (exact) mass is 385 g/mol. The molecule has 0 amide bonds. The van der Waals surface area contributed by atoms with Gasteiger partial charge in [0.1, 0.15) is 18.3 Å². The first kappa shape index (κ1) is 21.1. The molecule has 11 nitrogen and oxygen atoms in total. The fourth-order valence-electron chi connectivity index (χ4n) is 2.75. The van der Waals surface area contributed by atoms with Crippen molar-refractivity contribution < 1.29 is 34.7 Å². The Labute approximate surface area is 155 Å². The summed E-state index contributed by atoms with van der Waals surface area (Å²) in [5, 5.41) is 42.9. The lowest BCUT2D eigenvalue weighted by molar-refractivity contribution is -0.306. The fraction of sp³-hybridized carbons (Fsp3) is 0.625. The molecule has 1 aromatic rings. The molecule has 4 N–H and O–H groups in total. The van der Waals surface area contributed by atoms with Crippen LogP contribution < -0.4 is 0 Å². The Bertz CT molecular complexity index is 619. The molecule has 150 valence electrons. The van der Waals surface area contributed by atoms with E-state index in [-0.39, 0.29) is 0 Å². The predicted octanol–water partition coefficient (Wildman–Crippen LogP) is -0.575. The lowest BCUT2D eigenvalue weighted by Crippen LogP contribution is -2.60. The van der Waals surface area contributed by atoms with Crippen LogP contribution in [0.3, 0.4) is 0 Å². The molecule has 2 rings (SSSR count). The van der Waals surface area contributed by atoms with E-state index in [1.54, 1.807) is 24.5 Å². The smallest absolute Gasteiger partial charge is 0.335 e. The van der Waals surface area contributed by atoms with Crippen molar-refractivity contribution in [1.29, 1.82) is 0 Å². The number of aromatic nitrogens is 1. The van der Waals surface area contributed by atoms with Crippen LogP contribution >= 0.6 is 0 Å². The summed E-state index contributed by atoms with van der Waals surface area (Å²) < 4.78 is 10.9. The molecule has 0 saturated carbocycles. The van der Waals surface area contributed by atoms with Crippen LogP contribution in [0.25, 0.3) is 0 Å². The van der Waals surface area contributed by atoms with Crippen molar-refractivity contribution in [1.82, 2.24) is 9.99 Å². The zero-order valence-corrected chi connectivity index (χ0v) is 14.7. The Kier molecular flexibility index (Phi) is 7.56. The van der Waals surface area contributed by atoms with E-state index in [0.717, 1.165) is 0 Å². The van der Waals surface area contributed by atoms with Crippen LogP contribution in [0.4, 0.5) is 0 Å². The highest BCUT2D eigenvalue weighted by atomic mass is 16.7. The normalized spacial score (nSPS) is 29.1. The summed E-state index contributed by atoms with van der Waals surface area (Å²) in [6.07, 6.45) is -5.06. The molecule has 0 spiro atoms. The lowest BCUT2D eigenvalue weighted by atomic mass is 9.98. The van der Waals surface area contributed by atoms with Crippen molar-refractivity contribution in [2.45, 2.75) is 49.7 Å². The molecule has 27 heavy (non-hydrogen) atoms. The summed E-state index contributed by atoms with van der Waals surface area (Å²) >= 11 is 0. The molecule has 2 unspecified atom stereocenters. The third-order valence-corrected chi connectivity index (χ3v) is 4.25. The standard InChI is InChI=1S/C16H23N3O8/c1-19(18-25)7-3-5-10(9-4-2-6-17-8-9)26-16-13(22)11(20)12(21)14(27-16)15(23)24/h2,4,6,8,10-14,16,20-22H,3,5,7H2,1H3,(H,23,24)/t10?,11-,12-,13+,14-,16?/m0/s1. The van der Waals surface area contributed by atoms with Gasteiger partial charge >= 0.3 is 5.97 Å². The predicted molar refractivity (Wildman–Crippen MR) is 90.0 cm³/mol. The van der Waals surface area contributed by atoms with Crippen LogP contribution in [0.2, 0.25) is 0 Å². The van der Waals surface area contributed by atoms with Crippen molar-refractivity contribution in [2.24, 2.45) is 5.29 Å². The van der Waals surface area contributed by atoms with Crippen molar-refractivity contribution in [2.75, 3.05) is 13.6 Å². The highest BCUT2D eigenvalue weighted by molar-refractivity contribution is 5.73. The van der Waals surface area contributed by atoms with E-state index in [2.05, 4.69) is 10.3 Å². The van der Waals surface area contributed by atoms with E-state index in [4.69, 9.17) is 14.6 Å². The summed E-state index contributed by atoms with van der Waals surface area (Å²) in [4.78, 5) is 25.7. The lowest BCUT2D eigenvalue weighted by Gasteiger charge is -2.39. The third kappa shape index (κ3) is 5.40. The Morgan fingerprint density at radius 3 is 2.70 bits per heavy atom. The Morgan fingerprint density at radius 2 is 2.11 bits per heavy atom. The topological polar surface area (TPSA) is 162 Å². The van der Waals surface area contributed by atoms with Crippen LogP contribution in [-0.2, 0) is 14.3 Å². The van der Waals surface area contributed by atoms with Gasteiger partial charge in [0.15, 0.2) is 12.4 Å². The number of hydrogen-bond acceptors (Lipinski definition) is 9. The van der Waals surface area contributed by atoms with E-state index in [9.17, 15) is 25.0 Å². The SMILES string of the molecule is CN(CCCC(OC1O[C@H](C(=O)O)[C@@H](O)[C@H](O)[C@H]1O)c1cccnc1)N=O. The second-order valence-corrected chi connectivity index (χ2v) is 6.25. The molecule has 0 radical (unpaired) electrons. The Balaban J connectivity index is 2.12. The molecule has 0 aliphatic carbocycles. The van der Waals surface area contributed by atoms with Crippen molar-refractivity contribution in [3.05, 3.63) is 35.0 Å². The van der Waals surface area contributed by atoms with E-state index >= 15 is 0 Å². The van der Waals surface area contributed by atoms with E-state index in [1.165, 1.54) is 12.1 Å². The van der Waals surface area contributed by atoms with Crippen molar-refractivity contribution in [3.63, 3.8) is 0 Å². The molecule has 11 heteroatoms. The molecule has 1 aliphatic heterocycles. The number of carbonyl (C=O) groups is 1. The Hall–Kier alpha value is -2.18. The van der Waals surface area contributed by atoms with Gasteiger partial charge in [-0.2, -0.15) is 0 Å². The average molecular weight is 385 g/mol. The summed E-state index contributed by atoms with van der Waals surface area (Å²) in [5.41, 5.74) is 0.641. The molecule has 2 heterocycles. The molecule has 0 bridgehead atoms. The van der Waals surface area contributed by atoms with Gasteiger partial charge in [0.2, 0.25) is 0 Å². The highest BCUT2D eigenvalue weighted by Gasteiger charge is 2.48. The molecule has 1 aliphatic rings. The number of ether oxygens (including phenoxy) is 2. The van der Waals surface area contributed by atoms with Crippen LogP contribution in [0.1, 0.15) is 24.5 Å². The number of aliphatic hydroxyl groups excluding tert-OH is 3. The molecule has 1 aromatic heterocycles. The number of rotatable bonds is 9. The van der Waals surface area contributed by atoms with Gasteiger partial charge in [-0.3, -0.25) is 9.99 Å².